The molecule has 0 bridgehead atoms. The summed E-state index contributed by atoms with van der Waals surface area (Å²) in [6.45, 7) is 1.96. The molecule has 0 unspecified atom stereocenters. The van der Waals surface area contributed by atoms with Gasteiger partial charge in [-0.1, -0.05) is 28.5 Å². The Hall–Kier alpha value is -1.53. The van der Waals surface area contributed by atoms with Crippen LogP contribution in [0.5, 0.6) is 0 Å². The highest BCUT2D eigenvalue weighted by atomic mass is 79.9. The van der Waals surface area contributed by atoms with E-state index in [9.17, 15) is 0 Å². The Labute approximate surface area is 123 Å². The highest BCUT2D eigenvalue weighted by Gasteiger charge is 2.09. The van der Waals surface area contributed by atoms with Crippen LogP contribution in [0.4, 0.5) is 0 Å². The zero-order valence-corrected chi connectivity index (χ0v) is 12.6. The summed E-state index contributed by atoms with van der Waals surface area (Å²) in [6.07, 6.45) is 1.74. The second kappa shape index (κ2) is 6.08. The summed E-state index contributed by atoms with van der Waals surface area (Å²) >= 11 is 4.82. The average Bonchev–Trinajstić information content (AvgIpc) is 2.42. The fraction of sp³-hybridized carbons (Fsp3) is 0.0769. The van der Waals surface area contributed by atoms with E-state index < -0.39 is 0 Å². The minimum Gasteiger partial charge on any atom is -0.409 e. The van der Waals surface area contributed by atoms with Gasteiger partial charge in [-0.2, -0.15) is 0 Å². The van der Waals surface area contributed by atoms with Crippen molar-refractivity contribution in [2.75, 3.05) is 0 Å². The van der Waals surface area contributed by atoms with Gasteiger partial charge in [0, 0.05) is 21.1 Å². The van der Waals surface area contributed by atoms with E-state index in [1.54, 1.807) is 6.20 Å². The van der Waals surface area contributed by atoms with Crippen LogP contribution in [0.15, 0.2) is 56.1 Å². The van der Waals surface area contributed by atoms with E-state index >= 15 is 0 Å². The number of oxime groups is 1. The maximum atomic E-state index is 8.84. The van der Waals surface area contributed by atoms with Gasteiger partial charge in [-0.3, -0.25) is 0 Å². The van der Waals surface area contributed by atoms with Crippen LogP contribution >= 0.6 is 27.7 Å². The van der Waals surface area contributed by atoms with Gasteiger partial charge in [0.15, 0.2) is 5.84 Å². The molecule has 0 radical (unpaired) electrons. The molecule has 0 aliphatic carbocycles. The number of nitrogens with two attached hydrogens (primary N) is 1. The SMILES string of the molecule is Cc1ccc(Sc2ccc(Br)cn2)c(/C(N)=N/O)c1. The molecule has 0 spiro atoms. The lowest BCUT2D eigenvalue weighted by Crippen LogP contribution is -2.14. The summed E-state index contributed by atoms with van der Waals surface area (Å²) < 4.78 is 0.928. The molecule has 98 valence electrons. The molecule has 0 fully saturated rings. The number of pyridine rings is 1. The molecule has 0 aliphatic rings. The molecule has 0 aliphatic heterocycles. The van der Waals surface area contributed by atoms with E-state index in [0.717, 1.165) is 20.0 Å². The van der Waals surface area contributed by atoms with Gasteiger partial charge < -0.3 is 10.9 Å². The van der Waals surface area contributed by atoms with E-state index in [2.05, 4.69) is 26.1 Å². The molecule has 0 amide bonds. The summed E-state index contributed by atoms with van der Waals surface area (Å²) in [5, 5.41) is 12.8. The summed E-state index contributed by atoms with van der Waals surface area (Å²) in [5.74, 6) is 0.100. The number of amidine groups is 1. The number of hydrogen-bond acceptors (Lipinski definition) is 4. The molecule has 3 N–H and O–H groups in total. The first kappa shape index (κ1) is 13.9. The standard InChI is InChI=1S/C13H12BrN3OS/c1-8-2-4-11(10(6-8)13(15)17-18)19-12-5-3-9(14)7-16-12/h2-7,18H,1H3,(H2,15,17). The second-order valence-corrected chi connectivity index (χ2v) is 5.88. The van der Waals surface area contributed by atoms with Crippen LogP contribution in [-0.2, 0) is 0 Å². The van der Waals surface area contributed by atoms with Gasteiger partial charge >= 0.3 is 0 Å². The van der Waals surface area contributed by atoms with Gasteiger partial charge in [-0.15, -0.1) is 0 Å². The number of aryl methyl sites for hydroxylation is 1. The first-order chi connectivity index (χ1) is 9.10. The fourth-order valence-corrected chi connectivity index (χ4v) is 2.63. The molecular formula is C13H12BrN3OS. The number of rotatable bonds is 3. The van der Waals surface area contributed by atoms with Crippen LogP contribution in [0.25, 0.3) is 0 Å². The zero-order chi connectivity index (χ0) is 13.8. The van der Waals surface area contributed by atoms with Crippen molar-refractivity contribution in [2.45, 2.75) is 16.8 Å². The van der Waals surface area contributed by atoms with Crippen molar-refractivity contribution in [3.8, 4) is 0 Å². The number of hydrogen-bond donors (Lipinski definition) is 2. The third-order valence-corrected chi connectivity index (χ3v) is 3.93. The largest absolute Gasteiger partial charge is 0.409 e. The van der Waals surface area contributed by atoms with Crippen molar-refractivity contribution < 1.29 is 5.21 Å². The Morgan fingerprint density at radius 3 is 2.79 bits per heavy atom. The van der Waals surface area contributed by atoms with Crippen LogP contribution in [0.3, 0.4) is 0 Å². The normalized spacial score (nSPS) is 11.6. The molecule has 4 nitrogen and oxygen atoms in total. The lowest BCUT2D eigenvalue weighted by Gasteiger charge is -2.08. The third kappa shape index (κ3) is 3.48. The number of nitrogens with zero attached hydrogens (tertiary/aromatic N) is 2. The van der Waals surface area contributed by atoms with E-state index in [0.29, 0.717) is 5.56 Å². The first-order valence-electron chi connectivity index (χ1n) is 5.48. The van der Waals surface area contributed by atoms with Gasteiger partial charge in [-0.05, 0) is 47.1 Å². The minimum atomic E-state index is 0.100. The van der Waals surface area contributed by atoms with Crippen LogP contribution in [0.1, 0.15) is 11.1 Å². The second-order valence-electron chi connectivity index (χ2n) is 3.90. The van der Waals surface area contributed by atoms with Gasteiger partial charge in [0.25, 0.3) is 0 Å². The first-order valence-corrected chi connectivity index (χ1v) is 7.09. The molecular weight excluding hydrogens is 326 g/mol. The highest BCUT2D eigenvalue weighted by Crippen LogP contribution is 2.30. The Bertz CT molecular complexity index is 614. The maximum absolute atomic E-state index is 8.84. The van der Waals surface area contributed by atoms with Crippen LogP contribution in [0, 0.1) is 6.92 Å². The van der Waals surface area contributed by atoms with Crippen LogP contribution < -0.4 is 5.73 Å². The van der Waals surface area contributed by atoms with Crippen LogP contribution in [-0.4, -0.2) is 16.0 Å². The summed E-state index contributed by atoms with van der Waals surface area (Å²) in [7, 11) is 0. The monoisotopic (exact) mass is 337 g/mol. The molecule has 0 saturated heterocycles. The van der Waals surface area contributed by atoms with Crippen molar-refractivity contribution in [3.05, 3.63) is 52.1 Å². The summed E-state index contributed by atoms with van der Waals surface area (Å²) in [5.41, 5.74) is 7.46. The quantitative estimate of drug-likeness (QED) is 0.389. The molecule has 0 atom stereocenters. The van der Waals surface area contributed by atoms with Crippen molar-refractivity contribution in [3.63, 3.8) is 0 Å². The zero-order valence-electron chi connectivity index (χ0n) is 10.2. The summed E-state index contributed by atoms with van der Waals surface area (Å²) in [6, 6.07) is 9.64. The minimum absolute atomic E-state index is 0.100. The lowest BCUT2D eigenvalue weighted by molar-refractivity contribution is 0.318. The summed E-state index contributed by atoms with van der Waals surface area (Å²) in [4.78, 5) is 5.19. The predicted molar refractivity (Wildman–Crippen MR) is 79.7 cm³/mol. The number of halogens is 1. The third-order valence-electron chi connectivity index (χ3n) is 2.43. The number of aromatic nitrogens is 1. The van der Waals surface area contributed by atoms with Gasteiger partial charge in [0.05, 0.1) is 0 Å². The van der Waals surface area contributed by atoms with E-state index in [1.807, 2.05) is 37.3 Å². The molecule has 0 saturated carbocycles. The van der Waals surface area contributed by atoms with Crippen molar-refractivity contribution in [1.29, 1.82) is 0 Å². The molecule has 1 heterocycles. The van der Waals surface area contributed by atoms with Gasteiger partial charge in [-0.25, -0.2) is 4.98 Å². The smallest absolute Gasteiger partial charge is 0.171 e. The molecule has 2 aromatic rings. The van der Waals surface area contributed by atoms with E-state index in [4.69, 9.17) is 10.9 Å². The van der Waals surface area contributed by atoms with Gasteiger partial charge in [0.2, 0.25) is 0 Å². The van der Waals surface area contributed by atoms with E-state index in [1.165, 1.54) is 11.8 Å². The molecule has 1 aromatic carbocycles. The molecule has 2 rings (SSSR count). The topological polar surface area (TPSA) is 71.5 Å². The number of benzene rings is 1. The Kier molecular flexibility index (Phi) is 4.44. The Balaban J connectivity index is 2.37. The van der Waals surface area contributed by atoms with E-state index in [-0.39, 0.29) is 5.84 Å². The highest BCUT2D eigenvalue weighted by molar-refractivity contribution is 9.10. The molecule has 1 aromatic heterocycles. The predicted octanol–water partition coefficient (Wildman–Crippen LogP) is 3.40. The molecule has 19 heavy (non-hydrogen) atoms. The Morgan fingerprint density at radius 2 is 2.16 bits per heavy atom. The van der Waals surface area contributed by atoms with Crippen molar-refractivity contribution in [2.24, 2.45) is 10.9 Å². The lowest BCUT2D eigenvalue weighted by atomic mass is 10.1. The van der Waals surface area contributed by atoms with Crippen LogP contribution in [0.2, 0.25) is 0 Å². The fourth-order valence-electron chi connectivity index (χ4n) is 1.52. The van der Waals surface area contributed by atoms with Gasteiger partial charge in [0.1, 0.15) is 5.03 Å². The average molecular weight is 338 g/mol. The Morgan fingerprint density at radius 1 is 1.37 bits per heavy atom. The maximum Gasteiger partial charge on any atom is 0.171 e. The molecule has 6 heteroatoms. The van der Waals surface area contributed by atoms with Crippen molar-refractivity contribution >= 4 is 33.5 Å². The van der Waals surface area contributed by atoms with Crippen molar-refractivity contribution in [1.82, 2.24) is 4.98 Å².